The lowest BCUT2D eigenvalue weighted by molar-refractivity contribution is -0.384. The van der Waals surface area contributed by atoms with Gasteiger partial charge in [-0.1, -0.05) is 28.1 Å². The highest BCUT2D eigenvalue weighted by Crippen LogP contribution is 2.44. The highest BCUT2D eigenvalue weighted by Gasteiger charge is 2.38. The van der Waals surface area contributed by atoms with Gasteiger partial charge >= 0.3 is 0 Å². The summed E-state index contributed by atoms with van der Waals surface area (Å²) in [5, 5.41) is 10.7. The Hall–Kier alpha value is -1.82. The van der Waals surface area contributed by atoms with E-state index in [-0.39, 0.29) is 11.3 Å². The van der Waals surface area contributed by atoms with Crippen molar-refractivity contribution < 1.29 is 13.7 Å². The van der Waals surface area contributed by atoms with Crippen LogP contribution in [0.4, 0.5) is 14.5 Å². The molecule has 0 heterocycles. The van der Waals surface area contributed by atoms with E-state index in [1.807, 2.05) is 0 Å². The number of rotatable bonds is 5. The summed E-state index contributed by atoms with van der Waals surface area (Å²) in [5.74, 6) is -1.03. The average Bonchev–Trinajstić information content (AvgIpc) is 2.46. The van der Waals surface area contributed by atoms with Crippen LogP contribution in [0.5, 0.6) is 0 Å². The largest absolute Gasteiger partial charge is 0.269 e. The minimum absolute atomic E-state index is 0.125. The molecule has 23 heavy (non-hydrogen) atoms. The molecule has 0 saturated carbocycles. The van der Waals surface area contributed by atoms with E-state index in [2.05, 4.69) is 15.9 Å². The molecule has 0 aliphatic rings. The molecule has 0 bridgehead atoms. The first-order chi connectivity index (χ1) is 10.7. The molecule has 2 atom stereocenters. The Morgan fingerprint density at radius 2 is 1.74 bits per heavy atom. The van der Waals surface area contributed by atoms with Crippen LogP contribution < -0.4 is 0 Å². The predicted octanol–water partition coefficient (Wildman–Crippen LogP) is 5.90. The zero-order valence-electron chi connectivity index (χ0n) is 12.7. The van der Waals surface area contributed by atoms with Crippen molar-refractivity contribution in [3.63, 3.8) is 0 Å². The zero-order chi connectivity index (χ0) is 17.2. The van der Waals surface area contributed by atoms with Crippen molar-refractivity contribution in [2.75, 3.05) is 0 Å². The van der Waals surface area contributed by atoms with Gasteiger partial charge in [-0.05, 0) is 49.2 Å². The van der Waals surface area contributed by atoms with Crippen molar-refractivity contribution in [2.24, 2.45) is 0 Å². The molecule has 0 saturated heterocycles. The maximum Gasteiger partial charge on any atom is 0.269 e. The monoisotopic (exact) mass is 383 g/mol. The predicted molar refractivity (Wildman–Crippen MR) is 89.0 cm³/mol. The molecule has 2 aromatic carbocycles. The van der Waals surface area contributed by atoms with Gasteiger partial charge in [-0.2, -0.15) is 0 Å². The fourth-order valence-electron chi connectivity index (χ4n) is 2.59. The molecular weight excluding hydrogens is 368 g/mol. The molecule has 3 nitrogen and oxygen atoms in total. The molecular formula is C17H16BrF2NO2. The van der Waals surface area contributed by atoms with Gasteiger partial charge in [-0.15, -0.1) is 0 Å². The summed E-state index contributed by atoms with van der Waals surface area (Å²) in [6, 6.07) is 12.0. The third-order valence-electron chi connectivity index (χ3n) is 3.66. The second-order valence-corrected chi connectivity index (χ2v) is 6.76. The molecule has 0 N–H and O–H groups in total. The molecule has 0 aromatic heterocycles. The van der Waals surface area contributed by atoms with Crippen LogP contribution in [0, 0.1) is 10.1 Å². The summed E-state index contributed by atoms with van der Waals surface area (Å²) in [7, 11) is 0. The summed E-state index contributed by atoms with van der Waals surface area (Å²) in [6.07, 6.45) is -1.62. The van der Waals surface area contributed by atoms with E-state index >= 15 is 4.39 Å². The maximum atomic E-state index is 15.0. The van der Waals surface area contributed by atoms with Gasteiger partial charge in [0.15, 0.2) is 0 Å². The van der Waals surface area contributed by atoms with Gasteiger partial charge in [0.2, 0.25) is 0 Å². The molecule has 0 unspecified atom stereocenters. The molecule has 0 amide bonds. The first kappa shape index (κ1) is 17.5. The van der Waals surface area contributed by atoms with Crippen molar-refractivity contribution in [3.05, 3.63) is 74.2 Å². The first-order valence-corrected chi connectivity index (χ1v) is 7.82. The fourth-order valence-corrected chi connectivity index (χ4v) is 3.00. The smallest absolute Gasteiger partial charge is 0.258 e. The quantitative estimate of drug-likeness (QED) is 0.476. The van der Waals surface area contributed by atoms with E-state index in [4.69, 9.17) is 0 Å². The van der Waals surface area contributed by atoms with Gasteiger partial charge in [0.1, 0.15) is 11.8 Å². The first-order valence-electron chi connectivity index (χ1n) is 7.03. The van der Waals surface area contributed by atoms with E-state index in [1.54, 1.807) is 24.3 Å². The van der Waals surface area contributed by atoms with Crippen molar-refractivity contribution in [1.82, 2.24) is 0 Å². The lowest BCUT2D eigenvalue weighted by Gasteiger charge is -2.30. The van der Waals surface area contributed by atoms with Crippen molar-refractivity contribution in [3.8, 4) is 0 Å². The minimum Gasteiger partial charge on any atom is -0.258 e. The van der Waals surface area contributed by atoms with Crippen LogP contribution in [0.2, 0.25) is 0 Å². The second kappa shape index (κ2) is 6.74. The SMILES string of the molecule is CC(C)(F)[C@H](c1cccc(Br)c1)[C@@H](F)c1ccc([N+](=O)[O-])cc1. The number of nitrogens with zero attached hydrogens (tertiary/aromatic N) is 1. The fraction of sp³-hybridized carbons (Fsp3) is 0.294. The van der Waals surface area contributed by atoms with E-state index in [1.165, 1.54) is 38.1 Å². The summed E-state index contributed by atoms with van der Waals surface area (Å²) < 4.78 is 30.4. The molecule has 0 aliphatic heterocycles. The summed E-state index contributed by atoms with van der Waals surface area (Å²) in [4.78, 5) is 10.1. The topological polar surface area (TPSA) is 43.1 Å². The van der Waals surface area contributed by atoms with E-state index in [0.717, 1.165) is 4.47 Å². The van der Waals surface area contributed by atoms with Crippen LogP contribution in [-0.4, -0.2) is 10.6 Å². The van der Waals surface area contributed by atoms with Gasteiger partial charge < -0.3 is 0 Å². The normalized spacial score (nSPS) is 14.3. The summed E-state index contributed by atoms with van der Waals surface area (Å²) >= 11 is 3.31. The number of non-ortho nitro benzene ring substituents is 1. The van der Waals surface area contributed by atoms with Crippen LogP contribution >= 0.6 is 15.9 Å². The second-order valence-electron chi connectivity index (χ2n) is 5.85. The van der Waals surface area contributed by atoms with Gasteiger partial charge in [-0.25, -0.2) is 8.78 Å². The van der Waals surface area contributed by atoms with Crippen LogP contribution in [0.1, 0.15) is 37.1 Å². The molecule has 0 radical (unpaired) electrons. The molecule has 0 fully saturated rings. The van der Waals surface area contributed by atoms with Crippen molar-refractivity contribution in [1.29, 1.82) is 0 Å². The van der Waals surface area contributed by atoms with Gasteiger partial charge in [0.05, 0.1) is 10.8 Å². The molecule has 2 rings (SSSR count). The Bertz CT molecular complexity index is 698. The lowest BCUT2D eigenvalue weighted by atomic mass is 9.80. The third kappa shape index (κ3) is 4.13. The molecule has 0 aliphatic carbocycles. The van der Waals surface area contributed by atoms with Gasteiger partial charge in [0, 0.05) is 16.6 Å². The number of halogens is 3. The molecule has 2 aromatic rings. The summed E-state index contributed by atoms with van der Waals surface area (Å²) in [5.41, 5.74) is -1.19. The lowest BCUT2D eigenvalue weighted by Crippen LogP contribution is -2.28. The summed E-state index contributed by atoms with van der Waals surface area (Å²) in [6.45, 7) is 2.66. The Labute approximate surface area is 141 Å². The van der Waals surface area contributed by atoms with Gasteiger partial charge in [0.25, 0.3) is 5.69 Å². The third-order valence-corrected chi connectivity index (χ3v) is 4.16. The number of nitro benzene ring substituents is 1. The van der Waals surface area contributed by atoms with Crippen LogP contribution in [0.15, 0.2) is 53.0 Å². The highest BCUT2D eigenvalue weighted by atomic mass is 79.9. The van der Waals surface area contributed by atoms with E-state index in [9.17, 15) is 14.5 Å². The van der Waals surface area contributed by atoms with Crippen molar-refractivity contribution >= 4 is 21.6 Å². The number of hydrogen-bond donors (Lipinski definition) is 0. The standard InChI is InChI=1S/C17H16BrF2NO2/c1-17(2,20)15(12-4-3-5-13(18)10-12)16(19)11-6-8-14(9-7-11)21(22)23/h3-10,15-16H,1-2H3/t15-,16+/m1/s1. The van der Waals surface area contributed by atoms with Crippen LogP contribution in [-0.2, 0) is 0 Å². The number of alkyl halides is 2. The molecule has 6 heteroatoms. The van der Waals surface area contributed by atoms with E-state index < -0.39 is 22.7 Å². The van der Waals surface area contributed by atoms with Crippen molar-refractivity contribution in [2.45, 2.75) is 31.6 Å². The Morgan fingerprint density at radius 3 is 2.22 bits per heavy atom. The Balaban J connectivity index is 2.41. The van der Waals surface area contributed by atoms with Crippen LogP contribution in [0.3, 0.4) is 0 Å². The minimum atomic E-state index is -1.80. The Morgan fingerprint density at radius 1 is 1.13 bits per heavy atom. The highest BCUT2D eigenvalue weighted by molar-refractivity contribution is 9.10. The Kier molecular flexibility index (Phi) is 5.14. The van der Waals surface area contributed by atoms with E-state index in [0.29, 0.717) is 5.56 Å². The number of benzene rings is 2. The van der Waals surface area contributed by atoms with Crippen LogP contribution in [0.25, 0.3) is 0 Å². The maximum absolute atomic E-state index is 15.0. The van der Waals surface area contributed by atoms with Gasteiger partial charge in [-0.3, -0.25) is 10.1 Å². The number of nitro groups is 1. The zero-order valence-corrected chi connectivity index (χ0v) is 14.3. The molecule has 122 valence electrons. The molecule has 0 spiro atoms. The average molecular weight is 384 g/mol. The number of hydrogen-bond acceptors (Lipinski definition) is 2.